The van der Waals surface area contributed by atoms with Crippen molar-refractivity contribution in [1.82, 2.24) is 4.90 Å². The SMILES string of the molecule is COc1ccc(CN(C)C(=O)[C@@H]2CN(S(=O)(=O)c3ccc(Cl)cc3)c3ccccc3O2)cc1OC. The van der Waals surface area contributed by atoms with E-state index in [-0.39, 0.29) is 23.9 Å². The van der Waals surface area contributed by atoms with Crippen molar-refractivity contribution in [3.05, 3.63) is 77.3 Å². The van der Waals surface area contributed by atoms with Crippen molar-refractivity contribution in [3.8, 4) is 17.2 Å². The fraction of sp³-hybridized carbons (Fsp3) is 0.240. The Morgan fingerprint density at radius 3 is 2.43 bits per heavy atom. The summed E-state index contributed by atoms with van der Waals surface area (Å²) in [7, 11) is 0.765. The van der Waals surface area contributed by atoms with Crippen LogP contribution in [0, 0.1) is 0 Å². The number of sulfonamides is 1. The second kappa shape index (κ2) is 10.1. The van der Waals surface area contributed by atoms with Crippen molar-refractivity contribution in [2.24, 2.45) is 0 Å². The van der Waals surface area contributed by atoms with E-state index in [0.29, 0.717) is 28.0 Å². The van der Waals surface area contributed by atoms with E-state index in [0.717, 1.165) is 5.56 Å². The third-order valence-corrected chi connectivity index (χ3v) is 7.70. The number of benzene rings is 3. The first-order valence-electron chi connectivity index (χ1n) is 10.7. The van der Waals surface area contributed by atoms with Crippen molar-refractivity contribution >= 4 is 33.2 Å². The lowest BCUT2D eigenvalue weighted by atomic mass is 10.1. The quantitative estimate of drug-likeness (QED) is 0.472. The molecule has 0 saturated heterocycles. The summed E-state index contributed by atoms with van der Waals surface area (Å²) in [5, 5.41) is 0.427. The zero-order chi connectivity index (χ0) is 25.2. The topological polar surface area (TPSA) is 85.4 Å². The van der Waals surface area contributed by atoms with Crippen LogP contribution in [0.1, 0.15) is 5.56 Å². The molecule has 3 aromatic carbocycles. The number of anilines is 1. The number of methoxy groups -OCH3 is 2. The minimum atomic E-state index is -3.97. The highest BCUT2D eigenvalue weighted by Crippen LogP contribution is 2.37. The monoisotopic (exact) mass is 516 g/mol. The number of nitrogens with zero attached hydrogens (tertiary/aromatic N) is 2. The minimum absolute atomic E-state index is 0.0727. The fourth-order valence-corrected chi connectivity index (χ4v) is 5.47. The first-order valence-corrected chi connectivity index (χ1v) is 12.6. The van der Waals surface area contributed by atoms with Gasteiger partial charge in [0.1, 0.15) is 5.75 Å². The summed E-state index contributed by atoms with van der Waals surface area (Å²) in [6.07, 6.45) is -1.03. The Balaban J connectivity index is 1.60. The first kappa shape index (κ1) is 24.7. The number of carbonyl (C=O) groups excluding carboxylic acids is 1. The van der Waals surface area contributed by atoms with Crippen LogP contribution in [0.3, 0.4) is 0 Å². The van der Waals surface area contributed by atoms with Crippen LogP contribution >= 0.6 is 11.6 Å². The van der Waals surface area contributed by atoms with Crippen molar-refractivity contribution in [2.45, 2.75) is 17.5 Å². The summed E-state index contributed by atoms with van der Waals surface area (Å²) >= 11 is 5.94. The van der Waals surface area contributed by atoms with Crippen molar-refractivity contribution in [2.75, 3.05) is 32.1 Å². The van der Waals surface area contributed by atoms with Gasteiger partial charge in [0.15, 0.2) is 17.6 Å². The maximum atomic E-state index is 13.5. The smallest absolute Gasteiger partial charge is 0.265 e. The van der Waals surface area contributed by atoms with Gasteiger partial charge in [0.25, 0.3) is 15.9 Å². The lowest BCUT2D eigenvalue weighted by Crippen LogP contribution is -2.50. The van der Waals surface area contributed by atoms with Crippen LogP contribution < -0.4 is 18.5 Å². The van der Waals surface area contributed by atoms with E-state index in [4.69, 9.17) is 25.8 Å². The van der Waals surface area contributed by atoms with Crippen LogP contribution in [0.15, 0.2) is 71.6 Å². The molecular formula is C25H25ClN2O6S. The highest BCUT2D eigenvalue weighted by Gasteiger charge is 2.38. The lowest BCUT2D eigenvalue weighted by Gasteiger charge is -2.36. The van der Waals surface area contributed by atoms with Gasteiger partial charge < -0.3 is 19.1 Å². The highest BCUT2D eigenvalue weighted by molar-refractivity contribution is 7.92. The molecule has 0 aromatic heterocycles. The molecule has 1 heterocycles. The molecular weight excluding hydrogens is 492 g/mol. The second-order valence-corrected chi connectivity index (χ2v) is 10.2. The standard InChI is InChI=1S/C25H25ClN2O6S/c1-27(15-17-8-13-22(32-2)23(14-17)33-3)25(29)24-16-28(20-6-4-5-7-21(20)34-24)35(30,31)19-11-9-18(26)10-12-19/h4-14,24H,15-16H2,1-3H3/t24-/m0/s1. The van der Waals surface area contributed by atoms with Gasteiger partial charge in [-0.2, -0.15) is 0 Å². The van der Waals surface area contributed by atoms with Crippen molar-refractivity contribution in [3.63, 3.8) is 0 Å². The Kier molecular flexibility index (Phi) is 7.09. The normalized spacial score (nSPS) is 15.1. The van der Waals surface area contributed by atoms with Gasteiger partial charge in [0.05, 0.1) is 31.3 Å². The van der Waals surface area contributed by atoms with Crippen LogP contribution in [0.2, 0.25) is 5.02 Å². The van der Waals surface area contributed by atoms with E-state index < -0.39 is 16.1 Å². The average molecular weight is 517 g/mol. The summed E-state index contributed by atoms with van der Waals surface area (Å²) < 4.78 is 44.8. The van der Waals surface area contributed by atoms with E-state index in [1.165, 1.54) is 33.5 Å². The summed E-state index contributed by atoms with van der Waals surface area (Å²) in [6, 6.07) is 18.0. The molecule has 0 unspecified atom stereocenters. The predicted molar refractivity (Wildman–Crippen MR) is 133 cm³/mol. The fourth-order valence-electron chi connectivity index (χ4n) is 3.87. The second-order valence-electron chi connectivity index (χ2n) is 7.95. The molecule has 10 heteroatoms. The van der Waals surface area contributed by atoms with Crippen LogP contribution in [0.25, 0.3) is 0 Å². The van der Waals surface area contributed by atoms with E-state index in [9.17, 15) is 13.2 Å². The number of rotatable bonds is 7. The molecule has 1 aliphatic rings. The van der Waals surface area contributed by atoms with Gasteiger partial charge in [-0.05, 0) is 54.1 Å². The van der Waals surface area contributed by atoms with Gasteiger partial charge in [0, 0.05) is 18.6 Å². The number of likely N-dealkylation sites (N-methyl/N-ethyl adjacent to an activating group) is 1. The third kappa shape index (κ3) is 5.01. The molecule has 8 nitrogen and oxygen atoms in total. The van der Waals surface area contributed by atoms with E-state index >= 15 is 0 Å². The Morgan fingerprint density at radius 1 is 1.06 bits per heavy atom. The highest BCUT2D eigenvalue weighted by atomic mass is 35.5. The Morgan fingerprint density at radius 2 is 1.74 bits per heavy atom. The summed E-state index contributed by atoms with van der Waals surface area (Å²) in [4.78, 5) is 14.9. The number of carbonyl (C=O) groups is 1. The molecule has 0 bridgehead atoms. The average Bonchev–Trinajstić information content (AvgIpc) is 2.87. The zero-order valence-corrected chi connectivity index (χ0v) is 21.0. The number of hydrogen-bond donors (Lipinski definition) is 0. The van der Waals surface area contributed by atoms with Gasteiger partial charge in [-0.3, -0.25) is 9.10 Å². The molecule has 4 rings (SSSR count). The summed E-state index contributed by atoms with van der Waals surface area (Å²) in [6.45, 7) is 0.0989. The lowest BCUT2D eigenvalue weighted by molar-refractivity contribution is -0.137. The number of para-hydroxylation sites is 2. The van der Waals surface area contributed by atoms with Crippen molar-refractivity contribution < 1.29 is 27.4 Å². The molecule has 0 radical (unpaired) electrons. The Bertz CT molecular complexity index is 1330. The number of hydrogen-bond acceptors (Lipinski definition) is 6. The summed E-state index contributed by atoms with van der Waals surface area (Å²) in [5.74, 6) is 1.09. The number of ether oxygens (including phenoxy) is 3. The predicted octanol–water partition coefficient (Wildman–Crippen LogP) is 3.97. The van der Waals surface area contributed by atoms with Crippen LogP contribution in [0.4, 0.5) is 5.69 Å². The molecule has 3 aromatic rings. The maximum absolute atomic E-state index is 13.5. The molecule has 1 atom stereocenters. The van der Waals surface area contributed by atoms with E-state index in [1.807, 2.05) is 6.07 Å². The molecule has 35 heavy (non-hydrogen) atoms. The van der Waals surface area contributed by atoms with Crippen molar-refractivity contribution in [1.29, 1.82) is 0 Å². The maximum Gasteiger partial charge on any atom is 0.265 e. The largest absolute Gasteiger partial charge is 0.493 e. The molecule has 1 amide bonds. The molecule has 0 aliphatic carbocycles. The molecule has 0 spiro atoms. The van der Waals surface area contributed by atoms with Crippen LogP contribution in [-0.2, 0) is 21.4 Å². The van der Waals surface area contributed by atoms with E-state index in [2.05, 4.69) is 0 Å². The van der Waals surface area contributed by atoms with Gasteiger partial charge in [0.2, 0.25) is 0 Å². The van der Waals surface area contributed by atoms with Gasteiger partial charge in [-0.25, -0.2) is 8.42 Å². The first-order chi connectivity index (χ1) is 16.7. The zero-order valence-electron chi connectivity index (χ0n) is 19.5. The number of halogens is 1. The Hall–Kier alpha value is -3.43. The molecule has 0 saturated carbocycles. The minimum Gasteiger partial charge on any atom is -0.493 e. The van der Waals surface area contributed by atoms with Gasteiger partial charge in [-0.1, -0.05) is 29.8 Å². The summed E-state index contributed by atoms with van der Waals surface area (Å²) in [5.41, 5.74) is 1.19. The van der Waals surface area contributed by atoms with Gasteiger partial charge in [-0.15, -0.1) is 0 Å². The van der Waals surface area contributed by atoms with Crippen LogP contribution in [-0.4, -0.2) is 53.1 Å². The number of fused-ring (bicyclic) bond motifs is 1. The third-order valence-electron chi connectivity index (χ3n) is 5.66. The molecule has 1 aliphatic heterocycles. The van der Waals surface area contributed by atoms with Gasteiger partial charge >= 0.3 is 0 Å². The van der Waals surface area contributed by atoms with Crippen LogP contribution in [0.5, 0.6) is 17.2 Å². The molecule has 0 fully saturated rings. The molecule has 184 valence electrons. The Labute approximate surface area is 209 Å². The number of amides is 1. The molecule has 0 N–H and O–H groups in total. The van der Waals surface area contributed by atoms with E-state index in [1.54, 1.807) is 57.7 Å².